The van der Waals surface area contributed by atoms with E-state index in [9.17, 15) is 4.79 Å². The van der Waals surface area contributed by atoms with Crippen molar-refractivity contribution in [1.29, 1.82) is 0 Å². The van der Waals surface area contributed by atoms with Crippen molar-refractivity contribution in [3.63, 3.8) is 0 Å². The minimum absolute atomic E-state index is 0.125. The number of nitrogens with two attached hydrogens (primary N) is 1. The Bertz CT molecular complexity index is 355. The van der Waals surface area contributed by atoms with Gasteiger partial charge in [-0.25, -0.2) is 0 Å². The molecule has 2 nitrogen and oxygen atoms in total. The Morgan fingerprint density at radius 3 is 2.71 bits per heavy atom. The zero-order valence-electron chi connectivity index (χ0n) is 8.42. The zero-order chi connectivity index (χ0) is 10.6. The second-order valence-electron chi connectivity index (χ2n) is 3.51. The zero-order valence-corrected chi connectivity index (χ0v) is 8.42. The maximum Gasteiger partial charge on any atom is 0.163 e. The first-order valence-electron chi connectivity index (χ1n) is 4.62. The van der Waals surface area contributed by atoms with Gasteiger partial charge in [0.2, 0.25) is 0 Å². The SMILES string of the molecule is C=C(C)CCC(=O)c1cccc(N)c1. The second-order valence-corrected chi connectivity index (χ2v) is 3.51. The Balaban J connectivity index is 2.65. The number of hydrogen-bond acceptors (Lipinski definition) is 2. The number of rotatable bonds is 4. The molecular weight excluding hydrogens is 174 g/mol. The first-order chi connectivity index (χ1) is 6.59. The van der Waals surface area contributed by atoms with Gasteiger partial charge in [-0.3, -0.25) is 4.79 Å². The Labute approximate surface area is 84.4 Å². The van der Waals surface area contributed by atoms with E-state index in [4.69, 9.17) is 5.73 Å². The summed E-state index contributed by atoms with van der Waals surface area (Å²) in [5.74, 6) is 0.125. The van der Waals surface area contributed by atoms with Crippen molar-refractivity contribution in [2.45, 2.75) is 19.8 Å². The van der Waals surface area contributed by atoms with Gasteiger partial charge in [0, 0.05) is 17.7 Å². The first-order valence-corrected chi connectivity index (χ1v) is 4.62. The highest BCUT2D eigenvalue weighted by Crippen LogP contribution is 2.11. The summed E-state index contributed by atoms with van der Waals surface area (Å²) in [5, 5.41) is 0. The maximum absolute atomic E-state index is 11.6. The van der Waals surface area contributed by atoms with Crippen molar-refractivity contribution in [3.8, 4) is 0 Å². The van der Waals surface area contributed by atoms with Gasteiger partial charge in [0.05, 0.1) is 0 Å². The molecule has 14 heavy (non-hydrogen) atoms. The van der Waals surface area contributed by atoms with Crippen LogP contribution in [0.4, 0.5) is 5.69 Å². The molecule has 0 heterocycles. The fraction of sp³-hybridized carbons (Fsp3) is 0.250. The lowest BCUT2D eigenvalue weighted by Gasteiger charge is -2.01. The van der Waals surface area contributed by atoms with Crippen molar-refractivity contribution < 1.29 is 4.79 Å². The van der Waals surface area contributed by atoms with Crippen LogP contribution in [0, 0.1) is 0 Å². The molecule has 0 aliphatic heterocycles. The molecule has 2 N–H and O–H groups in total. The van der Waals surface area contributed by atoms with Crippen molar-refractivity contribution >= 4 is 11.5 Å². The minimum Gasteiger partial charge on any atom is -0.399 e. The lowest BCUT2D eigenvalue weighted by Crippen LogP contribution is -1.99. The third-order valence-corrected chi connectivity index (χ3v) is 1.99. The number of benzene rings is 1. The molecule has 1 rings (SSSR count). The standard InChI is InChI=1S/C12H15NO/c1-9(2)6-7-12(14)10-4-3-5-11(13)8-10/h3-5,8H,1,6-7,13H2,2H3. The number of Topliss-reactive ketones (excluding diaryl/α,β-unsaturated/α-hetero) is 1. The molecule has 0 aliphatic carbocycles. The lowest BCUT2D eigenvalue weighted by atomic mass is 10.0. The highest BCUT2D eigenvalue weighted by molar-refractivity contribution is 5.96. The maximum atomic E-state index is 11.6. The van der Waals surface area contributed by atoms with Crippen molar-refractivity contribution in [1.82, 2.24) is 0 Å². The highest BCUT2D eigenvalue weighted by atomic mass is 16.1. The van der Waals surface area contributed by atoms with Crippen LogP contribution in [0.5, 0.6) is 0 Å². The van der Waals surface area contributed by atoms with E-state index in [2.05, 4.69) is 6.58 Å². The van der Waals surface area contributed by atoms with Gasteiger partial charge in [0.25, 0.3) is 0 Å². The minimum atomic E-state index is 0.125. The number of carbonyl (C=O) groups excluding carboxylic acids is 1. The van der Waals surface area contributed by atoms with E-state index in [1.54, 1.807) is 24.3 Å². The van der Waals surface area contributed by atoms with E-state index in [-0.39, 0.29) is 5.78 Å². The molecule has 0 spiro atoms. The molecule has 0 aromatic heterocycles. The van der Waals surface area contributed by atoms with Crippen LogP contribution in [0.2, 0.25) is 0 Å². The smallest absolute Gasteiger partial charge is 0.163 e. The van der Waals surface area contributed by atoms with Crippen LogP contribution >= 0.6 is 0 Å². The molecule has 0 radical (unpaired) electrons. The van der Waals surface area contributed by atoms with Gasteiger partial charge >= 0.3 is 0 Å². The third-order valence-electron chi connectivity index (χ3n) is 1.99. The molecule has 0 atom stereocenters. The van der Waals surface area contributed by atoms with Gasteiger partial charge in [-0.1, -0.05) is 17.7 Å². The number of carbonyl (C=O) groups is 1. The summed E-state index contributed by atoms with van der Waals surface area (Å²) in [5.41, 5.74) is 7.93. The normalized spacial score (nSPS) is 9.79. The Morgan fingerprint density at radius 1 is 1.43 bits per heavy atom. The van der Waals surface area contributed by atoms with Gasteiger partial charge in [-0.2, -0.15) is 0 Å². The Kier molecular flexibility index (Phi) is 3.46. The van der Waals surface area contributed by atoms with E-state index in [1.165, 1.54) is 0 Å². The topological polar surface area (TPSA) is 43.1 Å². The highest BCUT2D eigenvalue weighted by Gasteiger charge is 2.05. The molecule has 0 saturated carbocycles. The van der Waals surface area contributed by atoms with E-state index in [0.29, 0.717) is 17.7 Å². The van der Waals surface area contributed by atoms with Crippen LogP contribution in [-0.2, 0) is 0 Å². The average Bonchev–Trinajstić information content (AvgIpc) is 2.14. The molecule has 0 aliphatic rings. The van der Waals surface area contributed by atoms with Crippen molar-refractivity contribution in [2.75, 3.05) is 5.73 Å². The third kappa shape index (κ3) is 3.05. The fourth-order valence-corrected chi connectivity index (χ4v) is 1.18. The second kappa shape index (κ2) is 4.61. The van der Waals surface area contributed by atoms with Crippen molar-refractivity contribution in [2.24, 2.45) is 0 Å². The molecule has 0 amide bonds. The summed E-state index contributed by atoms with van der Waals surface area (Å²) in [7, 11) is 0. The molecule has 2 heteroatoms. The summed E-state index contributed by atoms with van der Waals surface area (Å²) in [6.45, 7) is 5.68. The van der Waals surface area contributed by atoms with Crippen LogP contribution < -0.4 is 5.73 Å². The van der Waals surface area contributed by atoms with Crippen LogP contribution in [0.3, 0.4) is 0 Å². The number of ketones is 1. The summed E-state index contributed by atoms with van der Waals surface area (Å²) < 4.78 is 0. The number of nitrogen functional groups attached to an aromatic ring is 1. The largest absolute Gasteiger partial charge is 0.399 e. The molecule has 74 valence electrons. The van der Waals surface area contributed by atoms with Gasteiger partial charge in [-0.15, -0.1) is 6.58 Å². The van der Waals surface area contributed by atoms with Gasteiger partial charge < -0.3 is 5.73 Å². The van der Waals surface area contributed by atoms with E-state index in [1.807, 2.05) is 6.92 Å². The quantitative estimate of drug-likeness (QED) is 0.449. The summed E-state index contributed by atoms with van der Waals surface area (Å²) in [6, 6.07) is 7.07. The van der Waals surface area contributed by atoms with E-state index >= 15 is 0 Å². The van der Waals surface area contributed by atoms with Crippen LogP contribution in [0.1, 0.15) is 30.1 Å². The molecule has 0 bridgehead atoms. The van der Waals surface area contributed by atoms with Crippen LogP contribution in [0.15, 0.2) is 36.4 Å². The predicted octanol–water partition coefficient (Wildman–Crippen LogP) is 2.81. The number of allylic oxidation sites excluding steroid dienone is 1. The molecule has 1 aromatic rings. The summed E-state index contributed by atoms with van der Waals surface area (Å²) >= 11 is 0. The molecule has 0 saturated heterocycles. The molecule has 0 fully saturated rings. The fourth-order valence-electron chi connectivity index (χ4n) is 1.18. The predicted molar refractivity (Wildman–Crippen MR) is 59.2 cm³/mol. The van der Waals surface area contributed by atoms with Gasteiger partial charge in [0.1, 0.15) is 0 Å². The molecule has 0 unspecified atom stereocenters. The molecule has 1 aromatic carbocycles. The van der Waals surface area contributed by atoms with Crippen LogP contribution in [0.25, 0.3) is 0 Å². The van der Waals surface area contributed by atoms with Gasteiger partial charge in [0.15, 0.2) is 5.78 Å². The van der Waals surface area contributed by atoms with Crippen LogP contribution in [-0.4, -0.2) is 5.78 Å². The lowest BCUT2D eigenvalue weighted by molar-refractivity contribution is 0.0983. The summed E-state index contributed by atoms with van der Waals surface area (Å²) in [4.78, 5) is 11.6. The van der Waals surface area contributed by atoms with E-state index < -0.39 is 0 Å². The number of anilines is 1. The van der Waals surface area contributed by atoms with Crippen molar-refractivity contribution in [3.05, 3.63) is 42.0 Å². The Hall–Kier alpha value is -1.57. The van der Waals surface area contributed by atoms with Gasteiger partial charge in [-0.05, 0) is 25.5 Å². The molecular formula is C12H15NO. The monoisotopic (exact) mass is 189 g/mol. The average molecular weight is 189 g/mol. The number of hydrogen-bond donors (Lipinski definition) is 1. The Morgan fingerprint density at radius 2 is 2.14 bits per heavy atom. The summed E-state index contributed by atoms with van der Waals surface area (Å²) in [6.07, 6.45) is 1.26. The van der Waals surface area contributed by atoms with E-state index in [0.717, 1.165) is 12.0 Å². The first kappa shape index (κ1) is 10.5.